The predicted octanol–water partition coefficient (Wildman–Crippen LogP) is 23.8. The lowest BCUT2D eigenvalue weighted by atomic mass is 10.0. The monoisotopic (exact) mass is 1110 g/mol. The van der Waals surface area contributed by atoms with Gasteiger partial charge in [0.15, 0.2) is 6.10 Å². The summed E-state index contributed by atoms with van der Waals surface area (Å²) in [6, 6.07) is 0. The van der Waals surface area contributed by atoms with Gasteiger partial charge in [-0.3, -0.25) is 14.4 Å². The van der Waals surface area contributed by atoms with E-state index in [1.807, 2.05) is 0 Å². The third kappa shape index (κ3) is 65.4. The molecule has 0 heterocycles. The second-order valence-electron chi connectivity index (χ2n) is 23.1. The fourth-order valence-electron chi connectivity index (χ4n) is 9.93. The number of hydrogen-bond donors (Lipinski definition) is 0. The predicted molar refractivity (Wildman–Crippen MR) is 348 cm³/mol. The van der Waals surface area contributed by atoms with Crippen molar-refractivity contribution < 1.29 is 28.6 Å². The van der Waals surface area contributed by atoms with E-state index in [0.29, 0.717) is 19.3 Å². The second kappa shape index (κ2) is 68.1. The van der Waals surface area contributed by atoms with Gasteiger partial charge in [0.05, 0.1) is 0 Å². The third-order valence-corrected chi connectivity index (χ3v) is 15.1. The standard InChI is InChI=1S/C74H130O6/c1-4-7-10-13-16-19-22-25-28-30-32-33-34-35-36-37-38-39-40-41-42-44-46-49-52-55-58-61-64-67-73(76)79-70-71(69-78-72(75)66-63-60-57-54-51-48-45-27-24-21-18-15-12-9-6-3)80-74(77)68-65-62-59-56-53-50-47-43-31-29-26-23-20-17-14-11-8-5-2/h7,10,16,18-19,21,25,27-29,31-33,45,71H,4-6,8-9,11-15,17,20,22-24,26,30,34-44,46-70H2,1-3H3/b10-7-,19-16-,21-18-,28-25-,31-29-,33-32-,45-27-. The first-order valence-corrected chi connectivity index (χ1v) is 34.6. The van der Waals surface area contributed by atoms with Crippen LogP contribution in [0.25, 0.3) is 0 Å². The molecule has 80 heavy (non-hydrogen) atoms. The van der Waals surface area contributed by atoms with Crippen LogP contribution in [0.3, 0.4) is 0 Å². The van der Waals surface area contributed by atoms with Gasteiger partial charge < -0.3 is 14.2 Å². The number of ether oxygens (including phenoxy) is 3. The molecule has 1 unspecified atom stereocenters. The molecule has 6 heteroatoms. The average Bonchev–Trinajstić information content (AvgIpc) is 3.46. The molecule has 0 rings (SSSR count). The van der Waals surface area contributed by atoms with E-state index in [1.54, 1.807) is 0 Å². The first-order chi connectivity index (χ1) is 39.5. The Morgan fingerprint density at radius 1 is 0.263 bits per heavy atom. The van der Waals surface area contributed by atoms with Crippen LogP contribution in [-0.2, 0) is 28.6 Å². The number of allylic oxidation sites excluding steroid dienone is 14. The molecule has 0 aliphatic rings. The van der Waals surface area contributed by atoms with E-state index in [4.69, 9.17) is 14.2 Å². The summed E-state index contributed by atoms with van der Waals surface area (Å²) in [5.74, 6) is -0.881. The molecule has 0 bridgehead atoms. The summed E-state index contributed by atoms with van der Waals surface area (Å²) in [6.45, 7) is 6.53. The highest BCUT2D eigenvalue weighted by Crippen LogP contribution is 2.17. The highest BCUT2D eigenvalue weighted by molar-refractivity contribution is 5.71. The molecule has 0 amide bonds. The minimum absolute atomic E-state index is 0.0797. The zero-order valence-corrected chi connectivity index (χ0v) is 53.1. The Balaban J connectivity index is 4.26. The molecule has 1 atom stereocenters. The van der Waals surface area contributed by atoms with Crippen LogP contribution in [0, 0.1) is 0 Å². The summed E-state index contributed by atoms with van der Waals surface area (Å²) in [6.07, 6.45) is 90.3. The van der Waals surface area contributed by atoms with Gasteiger partial charge in [0.25, 0.3) is 0 Å². The third-order valence-electron chi connectivity index (χ3n) is 15.1. The van der Waals surface area contributed by atoms with E-state index < -0.39 is 6.10 Å². The van der Waals surface area contributed by atoms with Gasteiger partial charge in [-0.25, -0.2) is 0 Å². The Bertz CT molecular complexity index is 1520. The van der Waals surface area contributed by atoms with E-state index in [0.717, 1.165) is 103 Å². The zero-order chi connectivity index (χ0) is 57.8. The molecule has 0 aromatic carbocycles. The molecule has 0 saturated heterocycles. The van der Waals surface area contributed by atoms with E-state index >= 15 is 0 Å². The number of esters is 3. The Labute approximate surface area is 496 Å². The van der Waals surface area contributed by atoms with Crippen molar-refractivity contribution in [3.8, 4) is 0 Å². The number of hydrogen-bond acceptors (Lipinski definition) is 6. The fourth-order valence-corrected chi connectivity index (χ4v) is 9.93. The summed E-state index contributed by atoms with van der Waals surface area (Å²) >= 11 is 0. The van der Waals surface area contributed by atoms with Crippen molar-refractivity contribution in [3.63, 3.8) is 0 Å². The Morgan fingerprint density at radius 2 is 0.487 bits per heavy atom. The van der Waals surface area contributed by atoms with Gasteiger partial charge in [0.2, 0.25) is 0 Å². The lowest BCUT2D eigenvalue weighted by Gasteiger charge is -2.18. The number of carbonyl (C=O) groups excluding carboxylic acids is 3. The Hall–Kier alpha value is -3.41. The highest BCUT2D eigenvalue weighted by atomic mass is 16.6. The van der Waals surface area contributed by atoms with Crippen molar-refractivity contribution in [1.82, 2.24) is 0 Å². The maximum Gasteiger partial charge on any atom is 0.306 e. The molecule has 0 radical (unpaired) electrons. The van der Waals surface area contributed by atoms with Crippen molar-refractivity contribution in [3.05, 3.63) is 85.1 Å². The molecule has 0 spiro atoms. The molecule has 6 nitrogen and oxygen atoms in total. The minimum atomic E-state index is -0.785. The van der Waals surface area contributed by atoms with Gasteiger partial charge in [-0.1, -0.05) is 298 Å². The number of rotatable bonds is 63. The molecule has 0 fully saturated rings. The molecule has 0 saturated carbocycles. The maximum absolute atomic E-state index is 12.9. The first-order valence-electron chi connectivity index (χ1n) is 34.6. The molecular formula is C74H130O6. The summed E-state index contributed by atoms with van der Waals surface area (Å²) in [5, 5.41) is 0. The molecule has 462 valence electrons. The highest BCUT2D eigenvalue weighted by Gasteiger charge is 2.19. The Morgan fingerprint density at radius 3 is 0.800 bits per heavy atom. The van der Waals surface area contributed by atoms with Crippen molar-refractivity contribution >= 4 is 17.9 Å². The molecule has 0 N–H and O–H groups in total. The van der Waals surface area contributed by atoms with Crippen LogP contribution in [0.4, 0.5) is 0 Å². The fraction of sp³-hybridized carbons (Fsp3) is 0.770. The molecular weight excluding hydrogens is 985 g/mol. The van der Waals surface area contributed by atoms with Crippen molar-refractivity contribution in [2.45, 2.75) is 354 Å². The normalized spacial score (nSPS) is 12.6. The van der Waals surface area contributed by atoms with E-state index in [9.17, 15) is 14.4 Å². The summed E-state index contributed by atoms with van der Waals surface area (Å²) in [7, 11) is 0. The van der Waals surface area contributed by atoms with Crippen LogP contribution in [0.2, 0.25) is 0 Å². The summed E-state index contributed by atoms with van der Waals surface area (Å²) in [5.41, 5.74) is 0. The van der Waals surface area contributed by atoms with E-state index in [-0.39, 0.29) is 31.1 Å². The van der Waals surface area contributed by atoms with Crippen LogP contribution in [0.5, 0.6) is 0 Å². The average molecular weight is 1120 g/mol. The molecule has 0 aromatic rings. The van der Waals surface area contributed by atoms with Crippen LogP contribution in [-0.4, -0.2) is 37.2 Å². The lowest BCUT2D eigenvalue weighted by molar-refractivity contribution is -0.167. The summed E-state index contributed by atoms with van der Waals surface area (Å²) < 4.78 is 17.0. The molecule has 0 aromatic heterocycles. The Kier molecular flexibility index (Phi) is 65.2. The first kappa shape index (κ1) is 76.6. The summed E-state index contributed by atoms with van der Waals surface area (Å²) in [4.78, 5) is 38.4. The minimum Gasteiger partial charge on any atom is -0.462 e. The number of carbonyl (C=O) groups is 3. The largest absolute Gasteiger partial charge is 0.462 e. The van der Waals surface area contributed by atoms with Crippen LogP contribution in [0.15, 0.2) is 85.1 Å². The zero-order valence-electron chi connectivity index (χ0n) is 53.1. The smallest absolute Gasteiger partial charge is 0.306 e. The van der Waals surface area contributed by atoms with Gasteiger partial charge in [-0.15, -0.1) is 0 Å². The number of unbranched alkanes of at least 4 members (excludes halogenated alkanes) is 38. The van der Waals surface area contributed by atoms with E-state index in [2.05, 4.69) is 106 Å². The van der Waals surface area contributed by atoms with Crippen LogP contribution >= 0.6 is 0 Å². The quantitative estimate of drug-likeness (QED) is 0.0261. The van der Waals surface area contributed by atoms with Crippen molar-refractivity contribution in [2.24, 2.45) is 0 Å². The van der Waals surface area contributed by atoms with E-state index in [1.165, 1.54) is 205 Å². The van der Waals surface area contributed by atoms with Crippen LogP contribution < -0.4 is 0 Å². The topological polar surface area (TPSA) is 78.9 Å². The van der Waals surface area contributed by atoms with Gasteiger partial charge in [-0.05, 0) is 116 Å². The van der Waals surface area contributed by atoms with Crippen LogP contribution in [0.1, 0.15) is 348 Å². The van der Waals surface area contributed by atoms with Gasteiger partial charge >= 0.3 is 17.9 Å². The molecule has 0 aliphatic heterocycles. The molecule has 0 aliphatic carbocycles. The van der Waals surface area contributed by atoms with Crippen molar-refractivity contribution in [2.75, 3.05) is 13.2 Å². The van der Waals surface area contributed by atoms with Gasteiger partial charge in [-0.2, -0.15) is 0 Å². The second-order valence-corrected chi connectivity index (χ2v) is 23.1. The van der Waals surface area contributed by atoms with Crippen molar-refractivity contribution in [1.29, 1.82) is 0 Å². The van der Waals surface area contributed by atoms with Gasteiger partial charge in [0, 0.05) is 19.3 Å². The lowest BCUT2D eigenvalue weighted by Crippen LogP contribution is -2.30. The maximum atomic E-state index is 12.9. The SMILES string of the molecule is CC/C=C\C/C=C\C/C=C\C/C=C\CCCCCCCCCCCCCCCCCCC(=O)OCC(COC(=O)CCCCCCC/C=C\C/C=C\CCCCC)OC(=O)CCCCCCCCC/C=C\CCCCCCCCC. The van der Waals surface area contributed by atoms with Gasteiger partial charge in [0.1, 0.15) is 13.2 Å².